The topological polar surface area (TPSA) is 74.6 Å². The van der Waals surface area contributed by atoms with Crippen LogP contribution in [0.2, 0.25) is 0 Å². The molecule has 0 unspecified atom stereocenters. The van der Waals surface area contributed by atoms with Crippen LogP contribution in [0.25, 0.3) is 0 Å². The first-order valence-corrected chi connectivity index (χ1v) is 3.18. The van der Waals surface area contributed by atoms with Gasteiger partial charge < -0.3 is 10.2 Å². The van der Waals surface area contributed by atoms with Gasteiger partial charge in [0.2, 0.25) is 0 Å². The average molecular weight is 174 g/mol. The molecule has 13 heavy (non-hydrogen) atoms. The van der Waals surface area contributed by atoms with Gasteiger partial charge in [-0.1, -0.05) is 0 Å². The van der Waals surface area contributed by atoms with Crippen LogP contribution < -0.4 is 0 Å². The van der Waals surface area contributed by atoms with Crippen molar-refractivity contribution in [1.29, 1.82) is 0 Å². The van der Waals surface area contributed by atoms with Gasteiger partial charge in [0, 0.05) is 0 Å². The van der Waals surface area contributed by atoms with E-state index in [9.17, 15) is 9.59 Å². The van der Waals surface area contributed by atoms with E-state index in [4.69, 9.17) is 10.2 Å². The van der Waals surface area contributed by atoms with Crippen LogP contribution in [0.4, 0.5) is 0 Å². The van der Waals surface area contributed by atoms with E-state index in [-0.39, 0.29) is 30.0 Å². The molecule has 0 amide bonds. The number of carboxylic acids is 2. The van der Waals surface area contributed by atoms with Crippen molar-refractivity contribution in [3.8, 4) is 0 Å². The van der Waals surface area contributed by atoms with E-state index in [2.05, 4.69) is 0 Å². The molecule has 0 aliphatic heterocycles. The molecule has 0 fully saturated rings. The Bertz CT molecular complexity index is 284. The van der Waals surface area contributed by atoms with Crippen molar-refractivity contribution in [2.75, 3.05) is 0 Å². The Balaban J connectivity index is 0.00000144. The van der Waals surface area contributed by atoms with Crippen LogP contribution in [0.15, 0.2) is 24.3 Å². The summed E-state index contributed by atoms with van der Waals surface area (Å²) in [6.45, 7) is 0. The molecule has 64 valence electrons. The summed E-state index contributed by atoms with van der Waals surface area (Å²) in [6, 6.07) is 5.02. The summed E-state index contributed by atoms with van der Waals surface area (Å²) in [5.74, 6) is -2.13. The summed E-state index contributed by atoms with van der Waals surface area (Å²) < 4.78 is 0. The average Bonchev–Trinajstić information content (AvgIpc) is 2.04. The first-order valence-electron chi connectivity index (χ1n) is 3.18. The molecule has 0 bridgehead atoms. The molecule has 0 saturated heterocycles. The summed E-state index contributed by atoms with van der Waals surface area (Å²) in [7, 11) is 0. The molecule has 1 aromatic rings. The number of hydrogen-bond acceptors (Lipinski definition) is 2. The van der Waals surface area contributed by atoms with Crippen molar-refractivity contribution >= 4 is 30.8 Å². The second-order valence-corrected chi connectivity index (χ2v) is 2.19. The van der Waals surface area contributed by atoms with E-state index < -0.39 is 11.9 Å². The van der Waals surface area contributed by atoms with E-state index in [1.165, 1.54) is 24.3 Å². The van der Waals surface area contributed by atoms with Crippen molar-refractivity contribution < 1.29 is 19.8 Å². The van der Waals surface area contributed by atoms with Gasteiger partial charge in [0.05, 0.1) is 11.1 Å². The summed E-state index contributed by atoms with van der Waals surface area (Å²) in [5.41, 5.74) is 0.167. The molecule has 1 aromatic carbocycles. The molecule has 0 atom stereocenters. The predicted molar refractivity (Wildman–Crippen MR) is 47.5 cm³/mol. The maximum atomic E-state index is 10.3. The van der Waals surface area contributed by atoms with E-state index in [1.54, 1.807) is 0 Å². The molecule has 0 spiro atoms. The van der Waals surface area contributed by atoms with E-state index in [0.717, 1.165) is 0 Å². The summed E-state index contributed by atoms with van der Waals surface area (Å²) in [5, 5.41) is 16.9. The van der Waals surface area contributed by atoms with Crippen molar-refractivity contribution in [3.05, 3.63) is 35.4 Å². The third kappa shape index (κ3) is 2.94. The summed E-state index contributed by atoms with van der Waals surface area (Å²) >= 11 is 0. The first-order chi connectivity index (χ1) is 5.61. The minimum absolute atomic E-state index is 0. The molecule has 1 rings (SSSR count). The van der Waals surface area contributed by atoms with Gasteiger partial charge in [-0.15, -0.1) is 0 Å². The predicted octanol–water partition coefficient (Wildman–Crippen LogP) is 0.434. The second kappa shape index (κ2) is 4.70. The second-order valence-electron chi connectivity index (χ2n) is 2.19. The van der Waals surface area contributed by atoms with Crippen molar-refractivity contribution in [3.63, 3.8) is 0 Å². The fourth-order valence-electron chi connectivity index (χ4n) is 0.755. The fourth-order valence-corrected chi connectivity index (χ4v) is 0.755. The normalized spacial score (nSPS) is 8.62. The number of carboxylic acid groups (broad SMARTS) is 2. The molecule has 0 saturated carbocycles. The molecule has 4 nitrogen and oxygen atoms in total. The van der Waals surface area contributed by atoms with Gasteiger partial charge in [0.25, 0.3) is 0 Å². The molecule has 5 heteroatoms. The fraction of sp³-hybridized carbons (Fsp3) is 0. The van der Waals surface area contributed by atoms with Gasteiger partial charge in [-0.3, -0.25) is 0 Å². The van der Waals surface area contributed by atoms with E-state index >= 15 is 0 Å². The van der Waals surface area contributed by atoms with E-state index in [0.29, 0.717) is 0 Å². The van der Waals surface area contributed by atoms with Crippen LogP contribution in [-0.2, 0) is 0 Å². The Hall–Kier alpha value is -1.24. The van der Waals surface area contributed by atoms with Gasteiger partial charge >= 0.3 is 30.8 Å². The third-order valence-electron chi connectivity index (χ3n) is 1.38. The van der Waals surface area contributed by atoms with Gasteiger partial charge in [-0.05, 0) is 24.3 Å². The third-order valence-corrected chi connectivity index (χ3v) is 1.38. The first kappa shape index (κ1) is 11.8. The number of aromatic carboxylic acids is 2. The van der Waals surface area contributed by atoms with Crippen LogP contribution in [0.5, 0.6) is 0 Å². The Morgan fingerprint density at radius 1 is 0.846 bits per heavy atom. The molecule has 0 radical (unpaired) electrons. The van der Waals surface area contributed by atoms with Crippen molar-refractivity contribution in [1.82, 2.24) is 0 Å². The Kier molecular flexibility index (Phi) is 4.25. The van der Waals surface area contributed by atoms with Gasteiger partial charge in [0.15, 0.2) is 0 Å². The summed E-state index contributed by atoms with van der Waals surface area (Å²) in [6.07, 6.45) is 0. The van der Waals surface area contributed by atoms with E-state index in [1.807, 2.05) is 0 Å². The van der Waals surface area contributed by atoms with Gasteiger partial charge in [0.1, 0.15) is 0 Å². The maximum absolute atomic E-state index is 10.3. The van der Waals surface area contributed by atoms with Crippen LogP contribution in [-0.4, -0.2) is 41.0 Å². The Morgan fingerprint density at radius 3 is 1.23 bits per heavy atom. The molecular formula is C8H7LiO4. The quantitative estimate of drug-likeness (QED) is 0.637. The zero-order valence-corrected chi connectivity index (χ0v) is 6.02. The van der Waals surface area contributed by atoms with Crippen LogP contribution in [0.3, 0.4) is 0 Å². The zero-order chi connectivity index (χ0) is 9.14. The van der Waals surface area contributed by atoms with Crippen molar-refractivity contribution in [2.45, 2.75) is 0 Å². The zero-order valence-electron chi connectivity index (χ0n) is 6.02. The minimum atomic E-state index is -1.06. The monoisotopic (exact) mass is 174 g/mol. The number of carbonyl (C=O) groups is 2. The Morgan fingerprint density at radius 2 is 1.08 bits per heavy atom. The van der Waals surface area contributed by atoms with Crippen molar-refractivity contribution in [2.24, 2.45) is 0 Å². The standard InChI is InChI=1S/C8H6O4.Li.H/c9-7(10)5-1-2-6(4-3-5)8(11)12;;/h1-4H,(H,9,10)(H,11,12);;. The van der Waals surface area contributed by atoms with Crippen LogP contribution in [0, 0.1) is 0 Å². The number of benzene rings is 1. The number of rotatable bonds is 2. The molecule has 0 heterocycles. The molecular weight excluding hydrogens is 167 g/mol. The SMILES string of the molecule is O=C(O)c1ccc(C(=O)O)cc1.[LiH]. The molecule has 2 N–H and O–H groups in total. The molecule has 0 aliphatic rings. The van der Waals surface area contributed by atoms with Gasteiger partial charge in [-0.2, -0.15) is 0 Å². The van der Waals surface area contributed by atoms with Gasteiger partial charge in [-0.25, -0.2) is 9.59 Å². The van der Waals surface area contributed by atoms with Crippen LogP contribution in [0.1, 0.15) is 20.7 Å². The Labute approximate surface area is 86.4 Å². The molecule has 0 aromatic heterocycles. The number of hydrogen-bond donors (Lipinski definition) is 2. The summed E-state index contributed by atoms with van der Waals surface area (Å²) in [4.78, 5) is 20.7. The van der Waals surface area contributed by atoms with Crippen LogP contribution >= 0.6 is 0 Å². The molecule has 0 aliphatic carbocycles.